The molecule has 92 valence electrons. The Morgan fingerprint density at radius 3 is 2.62 bits per heavy atom. The van der Waals surface area contributed by atoms with Gasteiger partial charge in [-0.2, -0.15) is 0 Å². The number of ether oxygens (including phenoxy) is 1. The smallest absolute Gasteiger partial charge is 0.103 e. The first-order valence-corrected chi connectivity index (χ1v) is 6.87. The SMILES string of the molecule is CCCCCC/C=C\C=C\[C@H]1O[C@@H]1CCC. The Kier molecular flexibility index (Phi) is 7.24. The average Bonchev–Trinajstić information content (AvgIpc) is 3.01. The molecule has 1 aliphatic heterocycles. The van der Waals surface area contributed by atoms with Crippen LogP contribution in [0.25, 0.3) is 0 Å². The van der Waals surface area contributed by atoms with E-state index in [1.807, 2.05) is 0 Å². The number of hydrogen-bond acceptors (Lipinski definition) is 1. The highest BCUT2D eigenvalue weighted by Gasteiger charge is 2.34. The zero-order valence-electron chi connectivity index (χ0n) is 10.8. The first kappa shape index (κ1) is 13.5. The van der Waals surface area contributed by atoms with Crippen molar-refractivity contribution in [1.29, 1.82) is 0 Å². The van der Waals surface area contributed by atoms with Gasteiger partial charge in [-0.15, -0.1) is 0 Å². The summed E-state index contributed by atoms with van der Waals surface area (Å²) in [4.78, 5) is 0. The molecule has 0 spiro atoms. The fourth-order valence-corrected chi connectivity index (χ4v) is 1.88. The Morgan fingerprint density at radius 1 is 1.00 bits per heavy atom. The van der Waals surface area contributed by atoms with E-state index in [1.165, 1.54) is 44.9 Å². The van der Waals surface area contributed by atoms with Gasteiger partial charge in [0.25, 0.3) is 0 Å². The lowest BCUT2D eigenvalue weighted by Gasteiger charge is -1.92. The van der Waals surface area contributed by atoms with Gasteiger partial charge in [0, 0.05) is 0 Å². The van der Waals surface area contributed by atoms with Crippen molar-refractivity contribution in [2.75, 3.05) is 0 Å². The average molecular weight is 222 g/mol. The molecule has 1 heteroatoms. The second kappa shape index (κ2) is 8.58. The third kappa shape index (κ3) is 6.12. The molecule has 0 aromatic carbocycles. The highest BCUT2D eigenvalue weighted by atomic mass is 16.6. The fraction of sp³-hybridized carbons (Fsp3) is 0.733. The van der Waals surface area contributed by atoms with Crippen LogP contribution in [-0.2, 0) is 4.74 Å². The zero-order valence-corrected chi connectivity index (χ0v) is 10.8. The molecule has 0 unspecified atom stereocenters. The molecule has 0 N–H and O–H groups in total. The fourth-order valence-electron chi connectivity index (χ4n) is 1.88. The molecule has 0 aliphatic carbocycles. The van der Waals surface area contributed by atoms with E-state index in [9.17, 15) is 0 Å². The van der Waals surface area contributed by atoms with Gasteiger partial charge in [0.1, 0.15) is 6.10 Å². The molecule has 2 atom stereocenters. The van der Waals surface area contributed by atoms with Crippen LogP contribution in [0.5, 0.6) is 0 Å². The van der Waals surface area contributed by atoms with Crippen molar-refractivity contribution in [3.63, 3.8) is 0 Å². The predicted molar refractivity (Wildman–Crippen MR) is 70.6 cm³/mol. The first-order chi connectivity index (χ1) is 7.88. The number of hydrogen-bond donors (Lipinski definition) is 0. The lowest BCUT2D eigenvalue weighted by atomic mass is 10.1. The normalized spacial score (nSPS) is 24.6. The minimum atomic E-state index is 0.407. The molecule has 0 amide bonds. The summed E-state index contributed by atoms with van der Waals surface area (Å²) in [6.45, 7) is 4.46. The minimum absolute atomic E-state index is 0.407. The van der Waals surface area contributed by atoms with Crippen LogP contribution in [-0.4, -0.2) is 12.2 Å². The van der Waals surface area contributed by atoms with E-state index in [0.29, 0.717) is 12.2 Å². The first-order valence-electron chi connectivity index (χ1n) is 6.87. The number of allylic oxidation sites excluding steroid dienone is 3. The molecule has 0 saturated carbocycles. The largest absolute Gasteiger partial charge is 0.365 e. The van der Waals surface area contributed by atoms with Gasteiger partial charge in [-0.3, -0.25) is 0 Å². The van der Waals surface area contributed by atoms with E-state index < -0.39 is 0 Å². The summed E-state index contributed by atoms with van der Waals surface area (Å²) in [5.41, 5.74) is 0. The molecule has 1 heterocycles. The number of epoxide rings is 1. The Labute approximate surface area is 101 Å². The second-order valence-electron chi connectivity index (χ2n) is 4.59. The van der Waals surface area contributed by atoms with Crippen molar-refractivity contribution in [2.24, 2.45) is 0 Å². The maximum Gasteiger partial charge on any atom is 0.103 e. The van der Waals surface area contributed by atoms with Crippen molar-refractivity contribution in [3.05, 3.63) is 24.3 Å². The van der Waals surface area contributed by atoms with E-state index in [1.54, 1.807) is 0 Å². The van der Waals surface area contributed by atoms with Crippen LogP contribution in [0.2, 0.25) is 0 Å². The molecule has 1 saturated heterocycles. The van der Waals surface area contributed by atoms with Crippen LogP contribution >= 0.6 is 0 Å². The third-order valence-electron chi connectivity index (χ3n) is 2.97. The Hall–Kier alpha value is -0.560. The van der Waals surface area contributed by atoms with Gasteiger partial charge >= 0.3 is 0 Å². The molecule has 0 bridgehead atoms. The van der Waals surface area contributed by atoms with Crippen molar-refractivity contribution in [3.8, 4) is 0 Å². The van der Waals surface area contributed by atoms with E-state index in [4.69, 9.17) is 4.74 Å². The Bertz CT molecular complexity index is 217. The van der Waals surface area contributed by atoms with Gasteiger partial charge in [-0.25, -0.2) is 0 Å². The van der Waals surface area contributed by atoms with Crippen LogP contribution in [0.15, 0.2) is 24.3 Å². The summed E-state index contributed by atoms with van der Waals surface area (Å²) in [6.07, 6.45) is 18.7. The molecule has 0 aromatic heterocycles. The third-order valence-corrected chi connectivity index (χ3v) is 2.97. The maximum atomic E-state index is 5.50. The molecule has 0 radical (unpaired) electrons. The Balaban J connectivity index is 1.94. The topological polar surface area (TPSA) is 12.5 Å². The lowest BCUT2D eigenvalue weighted by Crippen LogP contribution is -1.87. The van der Waals surface area contributed by atoms with Crippen LogP contribution in [0.3, 0.4) is 0 Å². The van der Waals surface area contributed by atoms with Crippen molar-refractivity contribution >= 4 is 0 Å². The summed E-state index contributed by atoms with van der Waals surface area (Å²) in [5, 5.41) is 0. The summed E-state index contributed by atoms with van der Waals surface area (Å²) in [5.74, 6) is 0. The monoisotopic (exact) mass is 222 g/mol. The van der Waals surface area contributed by atoms with E-state index in [2.05, 4.69) is 38.2 Å². The standard InChI is InChI=1S/C15H26O/c1-3-5-6-7-8-9-10-11-13-15-14(16-15)12-4-2/h9-11,13-15H,3-8,12H2,1-2H3/b10-9-,13-11+/t14-,15-/m1/s1. The van der Waals surface area contributed by atoms with Gasteiger partial charge in [0.05, 0.1) is 6.10 Å². The summed E-state index contributed by atoms with van der Waals surface area (Å²) in [6, 6.07) is 0. The van der Waals surface area contributed by atoms with Gasteiger partial charge in [-0.05, 0) is 19.3 Å². The van der Waals surface area contributed by atoms with Crippen molar-refractivity contribution in [1.82, 2.24) is 0 Å². The molecular formula is C15H26O. The Morgan fingerprint density at radius 2 is 1.88 bits per heavy atom. The minimum Gasteiger partial charge on any atom is -0.365 e. The maximum absolute atomic E-state index is 5.50. The van der Waals surface area contributed by atoms with Gasteiger partial charge < -0.3 is 4.74 Å². The highest BCUT2D eigenvalue weighted by Crippen LogP contribution is 2.27. The van der Waals surface area contributed by atoms with E-state index in [-0.39, 0.29) is 0 Å². The second-order valence-corrected chi connectivity index (χ2v) is 4.59. The summed E-state index contributed by atoms with van der Waals surface area (Å²) < 4.78 is 5.50. The number of unbranched alkanes of at least 4 members (excludes halogenated alkanes) is 4. The van der Waals surface area contributed by atoms with Gasteiger partial charge in [0.15, 0.2) is 0 Å². The quantitative estimate of drug-likeness (QED) is 0.314. The van der Waals surface area contributed by atoms with Gasteiger partial charge in [0.2, 0.25) is 0 Å². The molecule has 0 aromatic rings. The highest BCUT2D eigenvalue weighted by molar-refractivity contribution is 5.10. The molecule has 1 aliphatic rings. The van der Waals surface area contributed by atoms with Crippen LogP contribution in [0.4, 0.5) is 0 Å². The molecule has 1 fully saturated rings. The molecule has 1 nitrogen and oxygen atoms in total. The zero-order chi connectivity index (χ0) is 11.6. The molecule has 1 rings (SSSR count). The van der Waals surface area contributed by atoms with Crippen LogP contribution in [0.1, 0.15) is 58.8 Å². The summed E-state index contributed by atoms with van der Waals surface area (Å²) in [7, 11) is 0. The van der Waals surface area contributed by atoms with E-state index in [0.717, 1.165) is 0 Å². The van der Waals surface area contributed by atoms with E-state index >= 15 is 0 Å². The van der Waals surface area contributed by atoms with Crippen LogP contribution in [0, 0.1) is 0 Å². The van der Waals surface area contributed by atoms with Crippen molar-refractivity contribution < 1.29 is 4.74 Å². The molecule has 16 heavy (non-hydrogen) atoms. The predicted octanol–water partition coefficient (Wildman–Crippen LogP) is 4.64. The van der Waals surface area contributed by atoms with Crippen molar-refractivity contribution in [2.45, 2.75) is 71.0 Å². The lowest BCUT2D eigenvalue weighted by molar-refractivity contribution is 0.378. The van der Waals surface area contributed by atoms with Gasteiger partial charge in [-0.1, -0.05) is 63.8 Å². The van der Waals surface area contributed by atoms with Crippen LogP contribution < -0.4 is 0 Å². The molecular weight excluding hydrogens is 196 g/mol. The number of rotatable bonds is 9. The summed E-state index contributed by atoms with van der Waals surface area (Å²) >= 11 is 0.